The third kappa shape index (κ3) is 3.84. The number of carbonyl (C=O) groups is 3. The lowest BCUT2D eigenvalue weighted by atomic mass is 9.85. The van der Waals surface area contributed by atoms with Gasteiger partial charge in [-0.2, -0.15) is 0 Å². The minimum Gasteiger partial charge on any atom is -0.350 e. The number of halogens is 1. The Bertz CT molecular complexity index is 688. The molecular formula is C19H21BrN2O3. The average molecular weight is 405 g/mol. The number of nitrogens with zero attached hydrogens (tertiary/aromatic N) is 1. The second kappa shape index (κ2) is 7.52. The number of likely N-dealkylation sites (tertiary alicyclic amines) is 1. The molecule has 3 rings (SSSR count). The summed E-state index contributed by atoms with van der Waals surface area (Å²) in [5.41, 5.74) is 1.00. The fourth-order valence-corrected chi connectivity index (χ4v) is 3.72. The van der Waals surface area contributed by atoms with Crippen LogP contribution in [0.4, 0.5) is 0 Å². The molecule has 132 valence electrons. The Morgan fingerprint density at radius 2 is 1.72 bits per heavy atom. The van der Waals surface area contributed by atoms with Crippen molar-refractivity contribution in [2.75, 3.05) is 6.54 Å². The van der Waals surface area contributed by atoms with E-state index in [1.807, 2.05) is 43.3 Å². The van der Waals surface area contributed by atoms with Crippen molar-refractivity contribution < 1.29 is 14.4 Å². The second-order valence-corrected chi connectivity index (χ2v) is 7.49. The molecule has 0 bridgehead atoms. The van der Waals surface area contributed by atoms with Crippen LogP contribution in [-0.4, -0.2) is 29.2 Å². The van der Waals surface area contributed by atoms with Crippen LogP contribution >= 0.6 is 15.9 Å². The van der Waals surface area contributed by atoms with Gasteiger partial charge in [-0.25, -0.2) is 0 Å². The van der Waals surface area contributed by atoms with Crippen molar-refractivity contribution in [1.29, 1.82) is 0 Å². The highest BCUT2D eigenvalue weighted by molar-refractivity contribution is 9.10. The summed E-state index contributed by atoms with van der Waals surface area (Å²) in [7, 11) is 0. The Labute approximate surface area is 155 Å². The van der Waals surface area contributed by atoms with Crippen LogP contribution in [0.5, 0.6) is 0 Å². The van der Waals surface area contributed by atoms with Crippen LogP contribution in [0, 0.1) is 11.8 Å². The zero-order valence-corrected chi connectivity index (χ0v) is 15.7. The summed E-state index contributed by atoms with van der Waals surface area (Å²) in [5, 5.41) is 2.92. The molecule has 3 amide bonds. The number of nitrogens with one attached hydrogen (secondary N) is 1. The van der Waals surface area contributed by atoms with Crippen LogP contribution in [0.15, 0.2) is 40.9 Å². The monoisotopic (exact) mass is 404 g/mol. The number of carbonyl (C=O) groups excluding carboxylic acids is 3. The molecule has 0 unspecified atom stereocenters. The SMILES string of the molecule is C[C@H](NC(=O)CCN1C(=O)[C@H]2CC=CC[C@@H]2C1=O)c1ccc(Br)cc1. The van der Waals surface area contributed by atoms with E-state index in [4.69, 9.17) is 0 Å². The number of imide groups is 1. The van der Waals surface area contributed by atoms with Gasteiger partial charge in [0, 0.05) is 17.4 Å². The second-order valence-electron chi connectivity index (χ2n) is 6.57. The lowest BCUT2D eigenvalue weighted by molar-refractivity contribution is -0.140. The summed E-state index contributed by atoms with van der Waals surface area (Å²) in [6.45, 7) is 2.07. The maximum atomic E-state index is 12.4. The molecule has 2 aliphatic rings. The maximum absolute atomic E-state index is 12.4. The Morgan fingerprint density at radius 3 is 2.28 bits per heavy atom. The van der Waals surface area contributed by atoms with E-state index in [1.54, 1.807) is 0 Å². The molecule has 1 N–H and O–H groups in total. The van der Waals surface area contributed by atoms with Crippen LogP contribution in [-0.2, 0) is 14.4 Å². The van der Waals surface area contributed by atoms with Crippen LogP contribution in [0.1, 0.15) is 37.8 Å². The summed E-state index contributed by atoms with van der Waals surface area (Å²) in [5.74, 6) is -0.894. The zero-order chi connectivity index (χ0) is 18.0. The van der Waals surface area contributed by atoms with Crippen LogP contribution in [0.2, 0.25) is 0 Å². The third-order valence-electron chi connectivity index (χ3n) is 4.91. The molecule has 6 heteroatoms. The first-order valence-electron chi connectivity index (χ1n) is 8.52. The van der Waals surface area contributed by atoms with Gasteiger partial charge in [-0.1, -0.05) is 40.2 Å². The van der Waals surface area contributed by atoms with Crippen LogP contribution < -0.4 is 5.32 Å². The van der Waals surface area contributed by atoms with E-state index >= 15 is 0 Å². The summed E-state index contributed by atoms with van der Waals surface area (Å²) >= 11 is 3.38. The average Bonchev–Trinajstić information content (AvgIpc) is 2.85. The van der Waals surface area contributed by atoms with Gasteiger partial charge in [0.15, 0.2) is 0 Å². The van der Waals surface area contributed by atoms with Crippen molar-refractivity contribution in [2.45, 2.75) is 32.2 Å². The molecule has 1 aromatic carbocycles. The van der Waals surface area contributed by atoms with Gasteiger partial charge in [0.05, 0.1) is 17.9 Å². The number of hydrogen-bond donors (Lipinski definition) is 1. The van der Waals surface area contributed by atoms with E-state index < -0.39 is 0 Å². The number of rotatable bonds is 5. The van der Waals surface area contributed by atoms with E-state index in [1.165, 1.54) is 4.90 Å². The molecule has 0 saturated carbocycles. The predicted molar refractivity (Wildman–Crippen MR) is 97.4 cm³/mol. The minimum atomic E-state index is -0.234. The summed E-state index contributed by atoms with van der Waals surface area (Å²) in [6.07, 6.45) is 5.30. The van der Waals surface area contributed by atoms with Gasteiger partial charge in [0.25, 0.3) is 0 Å². The predicted octanol–water partition coefficient (Wildman–Crippen LogP) is 2.97. The Morgan fingerprint density at radius 1 is 1.16 bits per heavy atom. The van der Waals surface area contributed by atoms with E-state index in [2.05, 4.69) is 21.2 Å². The number of benzene rings is 1. The molecule has 25 heavy (non-hydrogen) atoms. The maximum Gasteiger partial charge on any atom is 0.233 e. The van der Waals surface area contributed by atoms with Gasteiger partial charge >= 0.3 is 0 Å². The summed E-state index contributed by atoms with van der Waals surface area (Å²) < 4.78 is 0.983. The van der Waals surface area contributed by atoms with E-state index in [0.29, 0.717) is 12.8 Å². The van der Waals surface area contributed by atoms with E-state index in [-0.39, 0.29) is 48.6 Å². The van der Waals surface area contributed by atoms with Crippen molar-refractivity contribution in [1.82, 2.24) is 10.2 Å². The molecule has 3 atom stereocenters. The van der Waals surface area contributed by atoms with Crippen molar-refractivity contribution in [3.05, 3.63) is 46.5 Å². The Kier molecular flexibility index (Phi) is 5.37. The largest absolute Gasteiger partial charge is 0.350 e. The quantitative estimate of drug-likeness (QED) is 0.605. The fraction of sp³-hybridized carbons (Fsp3) is 0.421. The van der Waals surface area contributed by atoms with Crippen LogP contribution in [0.25, 0.3) is 0 Å². The molecule has 1 fully saturated rings. The summed E-state index contributed by atoms with van der Waals surface area (Å²) in [4.78, 5) is 38.2. The standard InChI is InChI=1S/C19H21BrN2O3/c1-12(13-6-8-14(20)9-7-13)21-17(23)10-11-22-18(24)15-4-2-3-5-16(15)19(22)25/h2-3,6-9,12,15-16H,4-5,10-11H2,1H3,(H,21,23)/t12-,15-,16-/m0/s1. The molecule has 1 aromatic rings. The smallest absolute Gasteiger partial charge is 0.233 e. The lowest BCUT2D eigenvalue weighted by Crippen LogP contribution is -2.36. The van der Waals surface area contributed by atoms with Crippen molar-refractivity contribution in [2.24, 2.45) is 11.8 Å². The molecule has 1 aliphatic carbocycles. The number of amides is 3. The van der Waals surface area contributed by atoms with Gasteiger partial charge in [0.2, 0.25) is 17.7 Å². The highest BCUT2D eigenvalue weighted by Crippen LogP contribution is 2.35. The first-order valence-corrected chi connectivity index (χ1v) is 9.31. The molecule has 0 spiro atoms. The summed E-state index contributed by atoms with van der Waals surface area (Å²) in [6, 6.07) is 7.61. The molecule has 1 heterocycles. The van der Waals surface area contributed by atoms with Crippen molar-refractivity contribution in [3.8, 4) is 0 Å². The molecular weight excluding hydrogens is 384 g/mol. The van der Waals surface area contributed by atoms with E-state index in [0.717, 1.165) is 10.0 Å². The molecule has 0 aromatic heterocycles. The first kappa shape index (κ1) is 17.9. The topological polar surface area (TPSA) is 66.5 Å². The first-order chi connectivity index (χ1) is 12.0. The van der Waals surface area contributed by atoms with Crippen molar-refractivity contribution in [3.63, 3.8) is 0 Å². The van der Waals surface area contributed by atoms with Gasteiger partial charge < -0.3 is 5.32 Å². The molecule has 0 radical (unpaired) electrons. The number of fused-ring (bicyclic) bond motifs is 1. The molecule has 5 nitrogen and oxygen atoms in total. The van der Waals surface area contributed by atoms with Crippen molar-refractivity contribution >= 4 is 33.7 Å². The van der Waals surface area contributed by atoms with Gasteiger partial charge in [-0.3, -0.25) is 19.3 Å². The highest BCUT2D eigenvalue weighted by Gasteiger charge is 2.46. The normalized spacial score (nSPS) is 23.5. The Hall–Kier alpha value is -1.95. The number of hydrogen-bond acceptors (Lipinski definition) is 3. The third-order valence-corrected chi connectivity index (χ3v) is 5.44. The lowest BCUT2D eigenvalue weighted by Gasteiger charge is -2.17. The molecule has 1 saturated heterocycles. The van der Waals surface area contributed by atoms with Gasteiger partial charge in [-0.05, 0) is 37.5 Å². The minimum absolute atomic E-state index is 0.127. The van der Waals surface area contributed by atoms with Gasteiger partial charge in [0.1, 0.15) is 0 Å². The fourth-order valence-electron chi connectivity index (χ4n) is 3.45. The highest BCUT2D eigenvalue weighted by atomic mass is 79.9. The Balaban J connectivity index is 1.53. The molecule has 1 aliphatic heterocycles. The van der Waals surface area contributed by atoms with Crippen LogP contribution in [0.3, 0.4) is 0 Å². The van der Waals surface area contributed by atoms with Gasteiger partial charge in [-0.15, -0.1) is 0 Å². The number of allylic oxidation sites excluding steroid dienone is 2. The van der Waals surface area contributed by atoms with E-state index in [9.17, 15) is 14.4 Å². The zero-order valence-electron chi connectivity index (χ0n) is 14.1.